The van der Waals surface area contributed by atoms with Gasteiger partial charge in [0.05, 0.1) is 13.2 Å². The molecule has 0 bridgehead atoms. The number of rotatable bonds is 3. The van der Waals surface area contributed by atoms with E-state index in [0.717, 1.165) is 45.1 Å². The zero-order valence-electron chi connectivity index (χ0n) is 12.5. The normalized spacial score (nSPS) is 23.5. The Morgan fingerprint density at radius 2 is 2.05 bits per heavy atom. The third-order valence-electron chi connectivity index (χ3n) is 4.51. The van der Waals surface area contributed by atoms with Gasteiger partial charge in [-0.1, -0.05) is 0 Å². The van der Waals surface area contributed by atoms with Crippen LogP contribution in [0.2, 0.25) is 0 Å². The average molecular weight is 289 g/mol. The molecule has 2 aliphatic rings. The van der Waals surface area contributed by atoms with E-state index in [-0.39, 0.29) is 5.78 Å². The lowest BCUT2D eigenvalue weighted by Gasteiger charge is -2.32. The predicted molar refractivity (Wildman–Crippen MR) is 83.9 cm³/mol. The van der Waals surface area contributed by atoms with Gasteiger partial charge in [-0.2, -0.15) is 0 Å². The molecule has 2 fully saturated rings. The molecule has 114 valence electrons. The second kappa shape index (κ2) is 6.03. The topological polar surface area (TPSA) is 58.8 Å². The standard InChI is InChI=1S/C16H23N3O2/c1-12(20)15-3-2-13(10-16(15)17)19-5-4-14(11-19)18-6-8-21-9-7-18/h2-3,10,14H,4-9,11,17H2,1H3. The van der Waals surface area contributed by atoms with Gasteiger partial charge in [0, 0.05) is 49.2 Å². The molecular weight excluding hydrogens is 266 g/mol. The maximum atomic E-state index is 11.4. The first-order valence-electron chi connectivity index (χ1n) is 7.62. The Kier molecular flexibility index (Phi) is 4.12. The molecule has 5 heteroatoms. The summed E-state index contributed by atoms with van der Waals surface area (Å²) < 4.78 is 5.42. The number of nitrogens with two attached hydrogens (primary N) is 1. The van der Waals surface area contributed by atoms with Crippen LogP contribution < -0.4 is 10.6 Å². The highest BCUT2D eigenvalue weighted by Gasteiger charge is 2.29. The van der Waals surface area contributed by atoms with Gasteiger partial charge < -0.3 is 15.4 Å². The molecule has 0 amide bonds. The Hall–Kier alpha value is -1.59. The number of hydrogen-bond donors (Lipinski definition) is 1. The van der Waals surface area contributed by atoms with E-state index in [2.05, 4.69) is 9.80 Å². The molecule has 0 aromatic heterocycles. The van der Waals surface area contributed by atoms with Crippen LogP contribution in [-0.4, -0.2) is 56.1 Å². The van der Waals surface area contributed by atoms with Gasteiger partial charge >= 0.3 is 0 Å². The average Bonchev–Trinajstić information content (AvgIpc) is 2.97. The van der Waals surface area contributed by atoms with Gasteiger partial charge in [-0.05, 0) is 31.5 Å². The number of morpholine rings is 1. The highest BCUT2D eigenvalue weighted by Crippen LogP contribution is 2.27. The summed E-state index contributed by atoms with van der Waals surface area (Å²) in [6.07, 6.45) is 1.17. The molecule has 1 unspecified atom stereocenters. The lowest BCUT2D eigenvalue weighted by Crippen LogP contribution is -2.44. The number of hydrogen-bond acceptors (Lipinski definition) is 5. The molecule has 1 aromatic carbocycles. The minimum absolute atomic E-state index is 0.0201. The molecule has 2 N–H and O–H groups in total. The van der Waals surface area contributed by atoms with Crippen molar-refractivity contribution in [3.63, 3.8) is 0 Å². The number of ketones is 1. The number of benzene rings is 1. The van der Waals surface area contributed by atoms with Crippen LogP contribution in [-0.2, 0) is 4.74 Å². The molecule has 21 heavy (non-hydrogen) atoms. The number of Topliss-reactive ketones (excluding diaryl/α,β-unsaturated/α-hetero) is 1. The number of anilines is 2. The molecule has 2 saturated heterocycles. The minimum atomic E-state index is 0.0201. The molecule has 1 aromatic rings. The Balaban J connectivity index is 1.68. The highest BCUT2D eigenvalue weighted by atomic mass is 16.5. The Morgan fingerprint density at radius 3 is 2.71 bits per heavy atom. The van der Waals surface area contributed by atoms with Crippen molar-refractivity contribution in [2.75, 3.05) is 50.0 Å². The molecule has 2 aliphatic heterocycles. The SMILES string of the molecule is CC(=O)c1ccc(N2CCC(N3CCOCC3)C2)cc1N. The summed E-state index contributed by atoms with van der Waals surface area (Å²) in [6, 6.07) is 6.38. The summed E-state index contributed by atoms with van der Waals surface area (Å²) >= 11 is 0. The number of carbonyl (C=O) groups excluding carboxylic acids is 1. The summed E-state index contributed by atoms with van der Waals surface area (Å²) in [7, 11) is 0. The molecule has 0 radical (unpaired) electrons. The van der Waals surface area contributed by atoms with Crippen LogP contribution in [0.25, 0.3) is 0 Å². The molecule has 5 nitrogen and oxygen atoms in total. The van der Waals surface area contributed by atoms with Gasteiger partial charge in [0.2, 0.25) is 0 Å². The molecular formula is C16H23N3O2. The summed E-state index contributed by atoms with van der Waals surface area (Å²) in [4.78, 5) is 16.3. The van der Waals surface area contributed by atoms with Crippen molar-refractivity contribution in [2.24, 2.45) is 0 Å². The van der Waals surface area contributed by atoms with E-state index in [1.165, 1.54) is 6.42 Å². The minimum Gasteiger partial charge on any atom is -0.398 e. The molecule has 0 spiro atoms. The quantitative estimate of drug-likeness (QED) is 0.673. The lowest BCUT2D eigenvalue weighted by atomic mass is 10.1. The monoisotopic (exact) mass is 289 g/mol. The van der Waals surface area contributed by atoms with E-state index in [0.29, 0.717) is 17.3 Å². The first kappa shape index (κ1) is 14.4. The largest absolute Gasteiger partial charge is 0.398 e. The maximum Gasteiger partial charge on any atom is 0.161 e. The Bertz CT molecular complexity index is 526. The number of ether oxygens (including phenoxy) is 1. The summed E-state index contributed by atoms with van der Waals surface area (Å²) in [6.45, 7) is 7.37. The van der Waals surface area contributed by atoms with E-state index in [9.17, 15) is 4.79 Å². The summed E-state index contributed by atoms with van der Waals surface area (Å²) in [5, 5.41) is 0. The molecule has 3 rings (SSSR count). The van der Waals surface area contributed by atoms with Crippen molar-refractivity contribution in [1.82, 2.24) is 4.90 Å². The third-order valence-corrected chi connectivity index (χ3v) is 4.51. The first-order valence-corrected chi connectivity index (χ1v) is 7.62. The molecule has 2 heterocycles. The maximum absolute atomic E-state index is 11.4. The number of nitrogen functional groups attached to an aromatic ring is 1. The van der Waals surface area contributed by atoms with Crippen LogP contribution in [0.15, 0.2) is 18.2 Å². The van der Waals surface area contributed by atoms with Crippen LogP contribution in [0.5, 0.6) is 0 Å². The van der Waals surface area contributed by atoms with Crippen LogP contribution in [0.1, 0.15) is 23.7 Å². The zero-order valence-corrected chi connectivity index (χ0v) is 12.5. The van der Waals surface area contributed by atoms with Gasteiger partial charge in [0.25, 0.3) is 0 Å². The Labute approximate surface area is 125 Å². The second-order valence-electron chi connectivity index (χ2n) is 5.86. The highest BCUT2D eigenvalue weighted by molar-refractivity contribution is 5.99. The summed E-state index contributed by atoms with van der Waals surface area (Å²) in [5.74, 6) is 0.0201. The van der Waals surface area contributed by atoms with E-state index in [1.807, 2.05) is 18.2 Å². The number of carbonyl (C=O) groups is 1. The molecule has 0 aliphatic carbocycles. The van der Waals surface area contributed by atoms with Crippen LogP contribution in [0, 0.1) is 0 Å². The van der Waals surface area contributed by atoms with Crippen LogP contribution in [0.4, 0.5) is 11.4 Å². The van der Waals surface area contributed by atoms with Crippen molar-refractivity contribution in [2.45, 2.75) is 19.4 Å². The number of nitrogens with zero attached hydrogens (tertiary/aromatic N) is 2. The van der Waals surface area contributed by atoms with Crippen molar-refractivity contribution >= 4 is 17.2 Å². The van der Waals surface area contributed by atoms with Crippen molar-refractivity contribution in [3.8, 4) is 0 Å². The molecule has 0 saturated carbocycles. The van der Waals surface area contributed by atoms with Gasteiger partial charge in [-0.25, -0.2) is 0 Å². The van der Waals surface area contributed by atoms with Gasteiger partial charge in [-0.3, -0.25) is 9.69 Å². The van der Waals surface area contributed by atoms with Gasteiger partial charge in [-0.15, -0.1) is 0 Å². The smallest absolute Gasteiger partial charge is 0.161 e. The van der Waals surface area contributed by atoms with Gasteiger partial charge in [0.15, 0.2) is 5.78 Å². The van der Waals surface area contributed by atoms with E-state index in [1.54, 1.807) is 6.92 Å². The van der Waals surface area contributed by atoms with E-state index < -0.39 is 0 Å². The van der Waals surface area contributed by atoms with Gasteiger partial charge in [0.1, 0.15) is 0 Å². The predicted octanol–water partition coefficient (Wildman–Crippen LogP) is 1.38. The fourth-order valence-corrected chi connectivity index (χ4v) is 3.28. The fraction of sp³-hybridized carbons (Fsp3) is 0.562. The van der Waals surface area contributed by atoms with E-state index >= 15 is 0 Å². The summed E-state index contributed by atoms with van der Waals surface area (Å²) in [5.41, 5.74) is 8.30. The van der Waals surface area contributed by atoms with Crippen molar-refractivity contribution in [3.05, 3.63) is 23.8 Å². The van der Waals surface area contributed by atoms with Crippen molar-refractivity contribution < 1.29 is 9.53 Å². The van der Waals surface area contributed by atoms with Crippen LogP contribution in [0.3, 0.4) is 0 Å². The zero-order chi connectivity index (χ0) is 14.8. The molecule has 1 atom stereocenters. The lowest BCUT2D eigenvalue weighted by molar-refractivity contribution is 0.0209. The van der Waals surface area contributed by atoms with E-state index in [4.69, 9.17) is 10.5 Å². The van der Waals surface area contributed by atoms with Crippen LogP contribution >= 0.6 is 0 Å². The fourth-order valence-electron chi connectivity index (χ4n) is 3.28. The Morgan fingerprint density at radius 1 is 1.29 bits per heavy atom. The second-order valence-corrected chi connectivity index (χ2v) is 5.86. The first-order chi connectivity index (χ1) is 10.1. The third kappa shape index (κ3) is 3.04. The van der Waals surface area contributed by atoms with Crippen molar-refractivity contribution in [1.29, 1.82) is 0 Å².